The van der Waals surface area contributed by atoms with E-state index >= 15 is 0 Å². The standard InChI is InChI=1S/C15H27N3O2S/c1-4-11-16-12-6-13-18(3)21(19,20)17-15-9-7-14(5-2)8-10-15/h7-10,16-17H,4-6,11-13H2,1-3H3. The van der Waals surface area contributed by atoms with Gasteiger partial charge in [-0.2, -0.15) is 12.7 Å². The molecule has 6 heteroatoms. The summed E-state index contributed by atoms with van der Waals surface area (Å²) in [4.78, 5) is 0. The Morgan fingerprint density at radius 2 is 1.76 bits per heavy atom. The van der Waals surface area contributed by atoms with Gasteiger partial charge in [-0.1, -0.05) is 26.0 Å². The molecule has 1 rings (SSSR count). The maximum atomic E-state index is 12.2. The molecule has 0 saturated carbocycles. The first kappa shape index (κ1) is 17.9. The van der Waals surface area contributed by atoms with E-state index in [4.69, 9.17) is 0 Å². The van der Waals surface area contributed by atoms with Crippen LogP contribution in [0.1, 0.15) is 32.3 Å². The molecule has 0 heterocycles. The Morgan fingerprint density at radius 1 is 1.10 bits per heavy atom. The monoisotopic (exact) mass is 313 g/mol. The molecule has 1 aromatic rings. The minimum Gasteiger partial charge on any atom is -0.317 e. The van der Waals surface area contributed by atoms with Crippen LogP contribution in [0.5, 0.6) is 0 Å². The van der Waals surface area contributed by atoms with Crippen molar-refractivity contribution in [3.63, 3.8) is 0 Å². The largest absolute Gasteiger partial charge is 0.317 e. The van der Waals surface area contributed by atoms with Gasteiger partial charge in [0, 0.05) is 19.3 Å². The summed E-state index contributed by atoms with van der Waals surface area (Å²) in [5, 5.41) is 3.26. The third kappa shape index (κ3) is 6.46. The predicted octanol–water partition coefficient (Wildman–Crippen LogP) is 2.23. The van der Waals surface area contributed by atoms with Gasteiger partial charge < -0.3 is 5.32 Å². The molecule has 0 aliphatic carbocycles. The number of rotatable bonds is 10. The third-order valence-corrected chi connectivity index (χ3v) is 4.77. The zero-order valence-corrected chi connectivity index (χ0v) is 14.0. The maximum absolute atomic E-state index is 12.2. The third-order valence-electron chi connectivity index (χ3n) is 3.27. The number of hydrogen-bond acceptors (Lipinski definition) is 3. The molecule has 0 bridgehead atoms. The maximum Gasteiger partial charge on any atom is 0.301 e. The second-order valence-corrected chi connectivity index (χ2v) is 6.86. The summed E-state index contributed by atoms with van der Waals surface area (Å²) in [5.41, 5.74) is 1.79. The van der Waals surface area contributed by atoms with Gasteiger partial charge >= 0.3 is 10.2 Å². The first-order valence-electron chi connectivity index (χ1n) is 7.53. The first-order valence-corrected chi connectivity index (χ1v) is 8.97. The van der Waals surface area contributed by atoms with Crippen molar-refractivity contribution in [2.24, 2.45) is 0 Å². The van der Waals surface area contributed by atoms with E-state index in [9.17, 15) is 8.42 Å². The summed E-state index contributed by atoms with van der Waals surface area (Å²) in [6.45, 7) is 6.48. The zero-order chi connectivity index (χ0) is 15.7. The van der Waals surface area contributed by atoms with E-state index < -0.39 is 10.2 Å². The molecular weight excluding hydrogens is 286 g/mol. The average Bonchev–Trinajstić information content (AvgIpc) is 2.47. The second-order valence-electron chi connectivity index (χ2n) is 5.08. The van der Waals surface area contributed by atoms with E-state index in [-0.39, 0.29) is 0 Å². The molecule has 0 saturated heterocycles. The minimum atomic E-state index is -3.47. The van der Waals surface area contributed by atoms with Crippen molar-refractivity contribution < 1.29 is 8.42 Å². The molecule has 0 fully saturated rings. The molecule has 1 aromatic carbocycles. The fourth-order valence-corrected chi connectivity index (χ4v) is 2.84. The highest BCUT2D eigenvalue weighted by atomic mass is 32.2. The Labute approximate surface area is 128 Å². The molecule has 0 amide bonds. The lowest BCUT2D eigenvalue weighted by atomic mass is 10.2. The van der Waals surface area contributed by atoms with Crippen LogP contribution in [0.15, 0.2) is 24.3 Å². The normalized spacial score (nSPS) is 11.8. The molecule has 0 atom stereocenters. The van der Waals surface area contributed by atoms with Gasteiger partial charge in [-0.15, -0.1) is 0 Å². The van der Waals surface area contributed by atoms with Gasteiger partial charge in [-0.05, 0) is 50.0 Å². The Morgan fingerprint density at radius 3 is 2.33 bits per heavy atom. The van der Waals surface area contributed by atoms with Crippen molar-refractivity contribution in [3.05, 3.63) is 29.8 Å². The highest BCUT2D eigenvalue weighted by molar-refractivity contribution is 7.90. The van der Waals surface area contributed by atoms with Crippen LogP contribution in [0.2, 0.25) is 0 Å². The fraction of sp³-hybridized carbons (Fsp3) is 0.600. The minimum absolute atomic E-state index is 0.499. The molecule has 5 nitrogen and oxygen atoms in total. The number of anilines is 1. The van der Waals surface area contributed by atoms with Crippen molar-refractivity contribution >= 4 is 15.9 Å². The molecule has 0 spiro atoms. The van der Waals surface area contributed by atoms with Crippen LogP contribution in [0.4, 0.5) is 5.69 Å². The van der Waals surface area contributed by atoms with Crippen LogP contribution < -0.4 is 10.0 Å². The summed E-state index contributed by atoms with van der Waals surface area (Å²) in [6.07, 6.45) is 2.83. The van der Waals surface area contributed by atoms with Crippen LogP contribution >= 0.6 is 0 Å². The van der Waals surface area contributed by atoms with Gasteiger partial charge in [-0.3, -0.25) is 4.72 Å². The molecule has 0 aromatic heterocycles. The highest BCUT2D eigenvalue weighted by Crippen LogP contribution is 2.13. The zero-order valence-electron chi connectivity index (χ0n) is 13.2. The molecule has 21 heavy (non-hydrogen) atoms. The van der Waals surface area contributed by atoms with Crippen LogP contribution in [0.3, 0.4) is 0 Å². The number of benzene rings is 1. The molecule has 0 aliphatic heterocycles. The molecular formula is C15H27N3O2S. The summed E-state index contributed by atoms with van der Waals surface area (Å²) in [5.74, 6) is 0. The lowest BCUT2D eigenvalue weighted by molar-refractivity contribution is 0.458. The van der Waals surface area contributed by atoms with Crippen molar-refractivity contribution in [2.75, 3.05) is 31.4 Å². The first-order chi connectivity index (χ1) is 9.99. The number of nitrogens with one attached hydrogen (secondary N) is 2. The average molecular weight is 313 g/mol. The van der Waals surface area contributed by atoms with Gasteiger partial charge in [0.15, 0.2) is 0 Å². The van der Waals surface area contributed by atoms with Gasteiger partial charge in [0.2, 0.25) is 0 Å². The Balaban J connectivity index is 2.47. The van der Waals surface area contributed by atoms with Gasteiger partial charge in [-0.25, -0.2) is 0 Å². The van der Waals surface area contributed by atoms with E-state index in [1.807, 2.05) is 12.1 Å². The van der Waals surface area contributed by atoms with Crippen molar-refractivity contribution in [1.29, 1.82) is 0 Å². The van der Waals surface area contributed by atoms with Gasteiger partial charge in [0.05, 0.1) is 0 Å². The number of aryl methyl sites for hydroxylation is 1. The molecule has 2 N–H and O–H groups in total. The van der Waals surface area contributed by atoms with Crippen LogP contribution in [-0.2, 0) is 16.6 Å². The Bertz CT molecular complexity index is 500. The van der Waals surface area contributed by atoms with Crippen molar-refractivity contribution in [3.8, 4) is 0 Å². The van der Waals surface area contributed by atoms with Crippen molar-refractivity contribution in [1.82, 2.24) is 9.62 Å². The Hall–Kier alpha value is -1.11. The van der Waals surface area contributed by atoms with Crippen LogP contribution in [0, 0.1) is 0 Å². The van der Waals surface area contributed by atoms with E-state index in [0.717, 1.165) is 32.4 Å². The second kappa shape index (κ2) is 9.02. The summed E-state index contributed by atoms with van der Waals surface area (Å²) in [6, 6.07) is 7.47. The Kier molecular flexibility index (Phi) is 7.71. The molecule has 120 valence electrons. The SMILES string of the molecule is CCCNCCCN(C)S(=O)(=O)Nc1ccc(CC)cc1. The van der Waals surface area contributed by atoms with E-state index in [1.165, 1.54) is 9.87 Å². The topological polar surface area (TPSA) is 61.4 Å². The predicted molar refractivity (Wildman–Crippen MR) is 88.8 cm³/mol. The quantitative estimate of drug-likeness (QED) is 0.651. The highest BCUT2D eigenvalue weighted by Gasteiger charge is 2.16. The van der Waals surface area contributed by atoms with Gasteiger partial charge in [0.25, 0.3) is 0 Å². The molecule has 0 radical (unpaired) electrons. The van der Waals surface area contributed by atoms with Crippen LogP contribution in [-0.4, -0.2) is 39.4 Å². The van der Waals surface area contributed by atoms with E-state index in [0.29, 0.717) is 12.2 Å². The summed E-state index contributed by atoms with van der Waals surface area (Å²) < 4.78 is 28.3. The van der Waals surface area contributed by atoms with Crippen LogP contribution in [0.25, 0.3) is 0 Å². The van der Waals surface area contributed by atoms with Gasteiger partial charge in [0.1, 0.15) is 0 Å². The number of nitrogens with zero attached hydrogens (tertiary/aromatic N) is 1. The molecule has 0 aliphatic rings. The smallest absolute Gasteiger partial charge is 0.301 e. The summed E-state index contributed by atoms with van der Waals surface area (Å²) >= 11 is 0. The fourth-order valence-electron chi connectivity index (χ4n) is 1.88. The lowest BCUT2D eigenvalue weighted by Gasteiger charge is -2.18. The van der Waals surface area contributed by atoms with E-state index in [2.05, 4.69) is 23.9 Å². The van der Waals surface area contributed by atoms with Crippen molar-refractivity contribution in [2.45, 2.75) is 33.1 Å². The van der Waals surface area contributed by atoms with E-state index in [1.54, 1.807) is 19.2 Å². The molecule has 0 unspecified atom stereocenters. The number of hydrogen-bond donors (Lipinski definition) is 2. The lowest BCUT2D eigenvalue weighted by Crippen LogP contribution is -2.34. The summed E-state index contributed by atoms with van der Waals surface area (Å²) in [7, 11) is -1.87.